The van der Waals surface area contributed by atoms with Crippen LogP contribution in [-0.4, -0.2) is 13.4 Å². The molecule has 0 bridgehead atoms. The Morgan fingerprint density at radius 1 is 1.00 bits per heavy atom. The van der Waals surface area contributed by atoms with Crippen molar-refractivity contribution in [3.63, 3.8) is 0 Å². The van der Waals surface area contributed by atoms with Crippen LogP contribution in [0.1, 0.15) is 22.3 Å². The highest BCUT2D eigenvalue weighted by molar-refractivity contribution is 5.58. The minimum Gasteiger partial charge on any atom is -0.488 e. The van der Waals surface area contributed by atoms with E-state index in [1.165, 1.54) is 24.2 Å². The lowest BCUT2D eigenvalue weighted by Crippen LogP contribution is -2.27. The second-order valence-electron chi connectivity index (χ2n) is 5.90. The van der Waals surface area contributed by atoms with Crippen molar-refractivity contribution in [1.82, 2.24) is 0 Å². The number of alkyl halides is 3. The lowest BCUT2D eigenvalue weighted by Gasteiger charge is -2.21. The number of hydrogen-bond donors (Lipinski definition) is 1. The quantitative estimate of drug-likeness (QED) is 0.639. The van der Waals surface area contributed by atoms with Crippen LogP contribution in [0.3, 0.4) is 0 Å². The summed E-state index contributed by atoms with van der Waals surface area (Å²) in [6.07, 6.45) is -4.79. The molecule has 0 radical (unpaired) electrons. The molecule has 0 amide bonds. The lowest BCUT2D eigenvalue weighted by molar-refractivity contribution is -0.275. The lowest BCUT2D eigenvalue weighted by atomic mass is 10.1. The van der Waals surface area contributed by atoms with Crippen molar-refractivity contribution < 1.29 is 22.6 Å². The molecule has 0 aliphatic carbocycles. The largest absolute Gasteiger partial charge is 0.573 e. The summed E-state index contributed by atoms with van der Waals surface area (Å²) in [5.74, 6) is 6.01. The van der Waals surface area contributed by atoms with E-state index in [1.54, 1.807) is 6.07 Å². The fourth-order valence-corrected chi connectivity index (χ4v) is 2.49. The zero-order valence-corrected chi connectivity index (χ0v) is 14.6. The molecule has 0 fully saturated rings. The summed E-state index contributed by atoms with van der Waals surface area (Å²) in [5.41, 5.74) is 3.68. The Morgan fingerprint density at radius 2 is 1.64 bits per heavy atom. The molecule has 0 atom stereocenters. The van der Waals surface area contributed by atoms with Gasteiger partial charge in [0.1, 0.15) is 18.1 Å². The summed E-state index contributed by atoms with van der Waals surface area (Å²) >= 11 is 0. The van der Waals surface area contributed by atoms with Crippen LogP contribution in [-0.2, 0) is 6.61 Å². The van der Waals surface area contributed by atoms with E-state index in [1.807, 2.05) is 32.9 Å². The molecule has 2 aromatic carbocycles. The average Bonchev–Trinajstić information content (AvgIpc) is 2.48. The monoisotopic (exact) mass is 354 g/mol. The molecular weight excluding hydrogens is 333 g/mol. The summed E-state index contributed by atoms with van der Waals surface area (Å²) < 4.78 is 47.9. The fraction of sp³-hybridized carbons (Fsp3) is 0.333. The maximum absolute atomic E-state index is 12.7. The number of halogens is 3. The third-order valence-corrected chi connectivity index (χ3v) is 3.88. The van der Waals surface area contributed by atoms with E-state index in [2.05, 4.69) is 4.74 Å². The van der Waals surface area contributed by atoms with Crippen molar-refractivity contribution in [1.29, 1.82) is 0 Å². The van der Waals surface area contributed by atoms with E-state index in [0.29, 0.717) is 11.4 Å². The number of ether oxygens (including phenoxy) is 2. The van der Waals surface area contributed by atoms with E-state index >= 15 is 0 Å². The van der Waals surface area contributed by atoms with Crippen molar-refractivity contribution >= 4 is 5.69 Å². The zero-order valence-electron chi connectivity index (χ0n) is 14.6. The van der Waals surface area contributed by atoms with Gasteiger partial charge in [-0.2, -0.15) is 0 Å². The van der Waals surface area contributed by atoms with Crippen LogP contribution in [0.25, 0.3) is 0 Å². The molecule has 2 aromatic rings. The molecule has 136 valence electrons. The molecule has 2 rings (SSSR count). The highest BCUT2D eigenvalue weighted by Crippen LogP contribution is 2.33. The Bertz CT molecular complexity index is 759. The van der Waals surface area contributed by atoms with Crippen molar-refractivity contribution in [3.8, 4) is 11.5 Å². The van der Waals surface area contributed by atoms with E-state index in [9.17, 15) is 13.2 Å². The third-order valence-electron chi connectivity index (χ3n) is 3.88. The first-order chi connectivity index (χ1) is 11.6. The summed E-state index contributed by atoms with van der Waals surface area (Å²) in [6.45, 7) is 5.71. The second-order valence-corrected chi connectivity index (χ2v) is 5.90. The predicted octanol–water partition coefficient (Wildman–Crippen LogP) is 4.40. The number of rotatable bonds is 5. The SMILES string of the molecule is Cc1cc(C)c(OCc2c(OC(F)(F)F)cccc2N(C)N)cc1C. The second kappa shape index (κ2) is 7.23. The van der Waals surface area contributed by atoms with Crippen molar-refractivity contribution in [3.05, 3.63) is 52.6 Å². The highest BCUT2D eigenvalue weighted by atomic mass is 19.4. The molecule has 0 aromatic heterocycles. The number of nitrogens with zero attached hydrogens (tertiary/aromatic N) is 1. The zero-order chi connectivity index (χ0) is 18.8. The van der Waals surface area contributed by atoms with Crippen molar-refractivity contribution in [2.24, 2.45) is 5.84 Å². The maximum Gasteiger partial charge on any atom is 0.573 e. The van der Waals surface area contributed by atoms with Gasteiger partial charge in [0.05, 0.1) is 11.3 Å². The Labute approximate surface area is 144 Å². The number of anilines is 1. The molecule has 2 N–H and O–H groups in total. The number of aryl methyl sites for hydroxylation is 3. The van der Waals surface area contributed by atoms with Crippen molar-refractivity contribution in [2.45, 2.75) is 33.7 Å². The molecule has 0 saturated carbocycles. The Hall–Kier alpha value is -2.41. The summed E-state index contributed by atoms with van der Waals surface area (Å²) in [5, 5.41) is 1.23. The van der Waals surface area contributed by atoms with Gasteiger partial charge in [-0.05, 0) is 55.7 Å². The fourth-order valence-electron chi connectivity index (χ4n) is 2.49. The van der Waals surface area contributed by atoms with E-state index in [-0.39, 0.29) is 17.9 Å². The van der Waals surface area contributed by atoms with Crippen LogP contribution < -0.4 is 20.3 Å². The van der Waals surface area contributed by atoms with Gasteiger partial charge in [-0.25, -0.2) is 5.84 Å². The van der Waals surface area contributed by atoms with Gasteiger partial charge in [-0.15, -0.1) is 13.2 Å². The van der Waals surface area contributed by atoms with Crippen LogP contribution in [0.5, 0.6) is 11.5 Å². The first-order valence-electron chi connectivity index (χ1n) is 7.65. The van der Waals surface area contributed by atoms with Crippen LogP contribution in [0.4, 0.5) is 18.9 Å². The first kappa shape index (κ1) is 18.9. The Balaban J connectivity index is 2.36. The van der Waals surface area contributed by atoms with E-state index in [0.717, 1.165) is 16.7 Å². The van der Waals surface area contributed by atoms with Gasteiger partial charge >= 0.3 is 6.36 Å². The van der Waals surface area contributed by atoms with Crippen molar-refractivity contribution in [2.75, 3.05) is 12.1 Å². The molecule has 7 heteroatoms. The van der Waals surface area contributed by atoms with Crippen LogP contribution >= 0.6 is 0 Å². The molecule has 0 aliphatic heterocycles. The van der Waals surface area contributed by atoms with E-state index < -0.39 is 6.36 Å². The number of benzene rings is 2. The van der Waals surface area contributed by atoms with Gasteiger partial charge < -0.3 is 14.5 Å². The maximum atomic E-state index is 12.7. The number of hydrazine groups is 1. The van der Waals surface area contributed by atoms with Gasteiger partial charge in [0, 0.05) is 7.05 Å². The van der Waals surface area contributed by atoms with Gasteiger partial charge in [0.2, 0.25) is 0 Å². The minimum absolute atomic E-state index is 0.105. The van der Waals surface area contributed by atoms with E-state index in [4.69, 9.17) is 10.6 Å². The molecule has 0 aliphatic rings. The first-order valence-corrected chi connectivity index (χ1v) is 7.65. The molecule has 0 heterocycles. The Morgan fingerprint density at radius 3 is 2.24 bits per heavy atom. The van der Waals surface area contributed by atoms with Crippen LogP contribution in [0.2, 0.25) is 0 Å². The predicted molar refractivity (Wildman–Crippen MR) is 90.7 cm³/mol. The summed E-state index contributed by atoms with van der Waals surface area (Å²) in [6, 6.07) is 8.13. The molecule has 0 saturated heterocycles. The molecule has 4 nitrogen and oxygen atoms in total. The standard InChI is InChI=1S/C18H21F3N2O2/c1-11-8-13(3)17(9-12(11)2)24-10-14-15(23(4)22)6-5-7-16(14)25-18(19,20)21/h5-9H,10,22H2,1-4H3. The average molecular weight is 354 g/mol. The summed E-state index contributed by atoms with van der Waals surface area (Å²) in [4.78, 5) is 0. The normalized spacial score (nSPS) is 11.4. The van der Waals surface area contributed by atoms with Gasteiger partial charge in [-0.1, -0.05) is 12.1 Å². The summed E-state index contributed by atoms with van der Waals surface area (Å²) in [7, 11) is 1.54. The van der Waals surface area contributed by atoms with Crippen LogP contribution in [0.15, 0.2) is 30.3 Å². The van der Waals surface area contributed by atoms with Gasteiger partial charge in [-0.3, -0.25) is 0 Å². The molecule has 25 heavy (non-hydrogen) atoms. The molecule has 0 unspecified atom stereocenters. The highest BCUT2D eigenvalue weighted by Gasteiger charge is 2.32. The minimum atomic E-state index is -4.79. The number of nitrogens with two attached hydrogens (primary N) is 1. The Kier molecular flexibility index (Phi) is 5.47. The smallest absolute Gasteiger partial charge is 0.488 e. The topological polar surface area (TPSA) is 47.7 Å². The van der Waals surface area contributed by atoms with Crippen LogP contribution in [0, 0.1) is 20.8 Å². The third kappa shape index (κ3) is 4.79. The van der Waals surface area contributed by atoms with Gasteiger partial charge in [0.15, 0.2) is 0 Å². The number of hydrogen-bond acceptors (Lipinski definition) is 4. The van der Waals surface area contributed by atoms with Gasteiger partial charge in [0.25, 0.3) is 0 Å². The molecular formula is C18H21F3N2O2. The molecule has 0 spiro atoms.